The molecule has 0 aromatic rings. The molecule has 0 heterocycles. The van der Waals surface area contributed by atoms with Crippen molar-refractivity contribution < 1.29 is 0 Å². The van der Waals surface area contributed by atoms with E-state index in [0.29, 0.717) is 0 Å². The summed E-state index contributed by atoms with van der Waals surface area (Å²) >= 11 is 9.16. The minimum absolute atomic E-state index is 0.816. The van der Waals surface area contributed by atoms with Crippen LogP contribution in [-0.2, 0) is 0 Å². The van der Waals surface area contributed by atoms with Gasteiger partial charge in [0.2, 0.25) is 0 Å². The van der Waals surface area contributed by atoms with E-state index in [2.05, 4.69) is 22.9 Å². The predicted octanol–water partition coefficient (Wildman–Crippen LogP) is 3.86. The SMILES string of the molecule is C/C=C(Cl)\C=C(/CC)CBr. The first kappa shape index (κ1) is 10.2. The predicted molar refractivity (Wildman–Crippen MR) is 51.8 cm³/mol. The molecule has 0 N–H and O–H groups in total. The van der Waals surface area contributed by atoms with Crippen molar-refractivity contribution in [1.29, 1.82) is 0 Å². The van der Waals surface area contributed by atoms with Crippen molar-refractivity contribution in [1.82, 2.24) is 0 Å². The molecular weight excluding hydrogens is 211 g/mol. The quantitative estimate of drug-likeness (QED) is 0.503. The first-order valence-electron chi connectivity index (χ1n) is 3.31. The van der Waals surface area contributed by atoms with Crippen LogP contribution in [0.2, 0.25) is 0 Å². The lowest BCUT2D eigenvalue weighted by atomic mass is 10.2. The second kappa shape index (κ2) is 5.99. The van der Waals surface area contributed by atoms with Gasteiger partial charge in [0.05, 0.1) is 0 Å². The zero-order valence-electron chi connectivity index (χ0n) is 6.32. The molecule has 0 amide bonds. The molecule has 0 spiro atoms. The molecule has 0 aliphatic heterocycles. The highest BCUT2D eigenvalue weighted by Crippen LogP contribution is 2.11. The third kappa shape index (κ3) is 4.13. The van der Waals surface area contributed by atoms with Gasteiger partial charge in [-0.05, 0) is 19.4 Å². The lowest BCUT2D eigenvalue weighted by Gasteiger charge is -1.96. The maximum atomic E-state index is 5.78. The van der Waals surface area contributed by atoms with Gasteiger partial charge < -0.3 is 0 Å². The van der Waals surface area contributed by atoms with Gasteiger partial charge in [0, 0.05) is 10.4 Å². The van der Waals surface area contributed by atoms with Gasteiger partial charge in [-0.2, -0.15) is 0 Å². The molecule has 0 rings (SSSR count). The van der Waals surface area contributed by atoms with Gasteiger partial charge in [0.25, 0.3) is 0 Å². The Morgan fingerprint density at radius 1 is 1.60 bits per heavy atom. The molecule has 0 aromatic heterocycles. The molecule has 0 unspecified atom stereocenters. The molecule has 0 atom stereocenters. The van der Waals surface area contributed by atoms with Gasteiger partial charge in [-0.3, -0.25) is 0 Å². The summed E-state index contributed by atoms with van der Waals surface area (Å²) in [5.41, 5.74) is 1.32. The fourth-order valence-corrected chi connectivity index (χ4v) is 1.23. The summed E-state index contributed by atoms with van der Waals surface area (Å²) in [4.78, 5) is 0. The third-order valence-corrected chi connectivity index (χ3v) is 2.29. The molecule has 0 aliphatic carbocycles. The van der Waals surface area contributed by atoms with E-state index in [4.69, 9.17) is 11.6 Å². The highest BCUT2D eigenvalue weighted by atomic mass is 79.9. The molecular formula is C8H12BrCl. The Balaban J connectivity index is 4.10. The topological polar surface area (TPSA) is 0 Å². The highest BCUT2D eigenvalue weighted by molar-refractivity contribution is 9.09. The lowest BCUT2D eigenvalue weighted by Crippen LogP contribution is -1.80. The van der Waals surface area contributed by atoms with Crippen LogP contribution in [0.1, 0.15) is 20.3 Å². The normalized spacial score (nSPS) is 14.0. The minimum atomic E-state index is 0.816. The zero-order valence-corrected chi connectivity index (χ0v) is 8.67. The van der Waals surface area contributed by atoms with Crippen LogP contribution in [-0.4, -0.2) is 5.33 Å². The second-order valence-electron chi connectivity index (χ2n) is 1.96. The average molecular weight is 224 g/mol. The van der Waals surface area contributed by atoms with Crippen LogP contribution >= 0.6 is 27.5 Å². The Bertz CT molecular complexity index is 141. The number of hydrogen-bond acceptors (Lipinski definition) is 0. The largest absolute Gasteiger partial charge is 0.0880 e. The Morgan fingerprint density at radius 3 is 2.50 bits per heavy atom. The van der Waals surface area contributed by atoms with E-state index >= 15 is 0 Å². The van der Waals surface area contributed by atoms with Crippen LogP contribution in [0.3, 0.4) is 0 Å². The van der Waals surface area contributed by atoms with E-state index < -0.39 is 0 Å². The van der Waals surface area contributed by atoms with Crippen LogP contribution < -0.4 is 0 Å². The van der Waals surface area contributed by atoms with Gasteiger partial charge in [0.1, 0.15) is 0 Å². The van der Waals surface area contributed by atoms with Gasteiger partial charge >= 0.3 is 0 Å². The zero-order chi connectivity index (χ0) is 7.98. The van der Waals surface area contributed by atoms with Crippen LogP contribution in [0.15, 0.2) is 22.8 Å². The first-order chi connectivity index (χ1) is 4.74. The summed E-state index contributed by atoms with van der Waals surface area (Å²) in [5.74, 6) is 0. The first-order valence-corrected chi connectivity index (χ1v) is 4.81. The fourth-order valence-electron chi connectivity index (χ4n) is 0.513. The fraction of sp³-hybridized carbons (Fsp3) is 0.500. The molecule has 58 valence electrons. The molecule has 0 aliphatic rings. The van der Waals surface area contributed by atoms with Crippen LogP contribution in [0, 0.1) is 0 Å². The number of hydrogen-bond donors (Lipinski definition) is 0. The monoisotopic (exact) mass is 222 g/mol. The standard InChI is InChI=1S/C8H12BrCl/c1-3-7(6-9)5-8(10)4-2/h4-5H,3,6H2,1-2H3/b7-5+,8-4+. The van der Waals surface area contributed by atoms with Crippen molar-refractivity contribution in [3.63, 3.8) is 0 Å². The maximum absolute atomic E-state index is 5.78. The molecule has 0 saturated heterocycles. The van der Waals surface area contributed by atoms with Crippen LogP contribution in [0.25, 0.3) is 0 Å². The van der Waals surface area contributed by atoms with E-state index in [1.807, 2.05) is 19.1 Å². The van der Waals surface area contributed by atoms with E-state index in [-0.39, 0.29) is 0 Å². The molecule has 0 nitrogen and oxygen atoms in total. The van der Waals surface area contributed by atoms with Crippen molar-refractivity contribution in [3.05, 3.63) is 22.8 Å². The summed E-state index contributed by atoms with van der Waals surface area (Å²) in [7, 11) is 0. The molecule has 2 heteroatoms. The number of halogens is 2. The number of allylic oxidation sites excluding steroid dienone is 4. The van der Waals surface area contributed by atoms with Gasteiger partial charge in [-0.15, -0.1) is 0 Å². The molecule has 0 fully saturated rings. The second-order valence-corrected chi connectivity index (χ2v) is 2.96. The van der Waals surface area contributed by atoms with Gasteiger partial charge in [-0.1, -0.05) is 46.1 Å². The molecule has 0 bridgehead atoms. The number of rotatable bonds is 3. The summed E-state index contributed by atoms with van der Waals surface area (Å²) in [6.07, 6.45) is 4.94. The third-order valence-electron chi connectivity index (χ3n) is 1.24. The maximum Gasteiger partial charge on any atom is 0.0363 e. The summed E-state index contributed by atoms with van der Waals surface area (Å²) < 4.78 is 0. The summed E-state index contributed by atoms with van der Waals surface area (Å²) in [5, 5.41) is 1.73. The Labute approximate surface area is 76.1 Å². The average Bonchev–Trinajstić information content (AvgIpc) is 1.99. The van der Waals surface area contributed by atoms with E-state index in [0.717, 1.165) is 16.8 Å². The van der Waals surface area contributed by atoms with Crippen molar-refractivity contribution in [2.75, 3.05) is 5.33 Å². The summed E-state index contributed by atoms with van der Waals surface area (Å²) in [6.45, 7) is 4.05. The molecule has 0 aromatic carbocycles. The van der Waals surface area contributed by atoms with Crippen LogP contribution in [0.4, 0.5) is 0 Å². The minimum Gasteiger partial charge on any atom is -0.0880 e. The Hall–Kier alpha value is 0.250. The van der Waals surface area contributed by atoms with Crippen LogP contribution in [0.5, 0.6) is 0 Å². The van der Waals surface area contributed by atoms with Gasteiger partial charge in [-0.25, -0.2) is 0 Å². The van der Waals surface area contributed by atoms with Crippen molar-refractivity contribution in [3.8, 4) is 0 Å². The van der Waals surface area contributed by atoms with E-state index in [1.54, 1.807) is 0 Å². The summed E-state index contributed by atoms with van der Waals surface area (Å²) in [6, 6.07) is 0. The van der Waals surface area contributed by atoms with E-state index in [9.17, 15) is 0 Å². The Morgan fingerprint density at radius 2 is 2.20 bits per heavy atom. The van der Waals surface area contributed by atoms with Crippen molar-refractivity contribution in [2.45, 2.75) is 20.3 Å². The lowest BCUT2D eigenvalue weighted by molar-refractivity contribution is 1.11. The molecule has 0 radical (unpaired) electrons. The van der Waals surface area contributed by atoms with E-state index in [1.165, 1.54) is 5.57 Å². The smallest absolute Gasteiger partial charge is 0.0363 e. The van der Waals surface area contributed by atoms with Crippen molar-refractivity contribution in [2.24, 2.45) is 0 Å². The number of alkyl halides is 1. The molecule has 10 heavy (non-hydrogen) atoms. The van der Waals surface area contributed by atoms with Crippen molar-refractivity contribution >= 4 is 27.5 Å². The highest BCUT2D eigenvalue weighted by Gasteiger charge is 1.90. The molecule has 0 saturated carbocycles. The van der Waals surface area contributed by atoms with Gasteiger partial charge in [0.15, 0.2) is 0 Å². The Kier molecular flexibility index (Phi) is 6.14.